The van der Waals surface area contributed by atoms with Gasteiger partial charge in [-0.25, -0.2) is 9.37 Å². The zero-order valence-electron chi connectivity index (χ0n) is 12.1. The Labute approximate surface area is 131 Å². The van der Waals surface area contributed by atoms with Crippen molar-refractivity contribution in [1.82, 2.24) is 4.98 Å². The van der Waals surface area contributed by atoms with Crippen molar-refractivity contribution in [2.75, 3.05) is 37.8 Å². The van der Waals surface area contributed by atoms with E-state index in [0.717, 1.165) is 24.3 Å². The first kappa shape index (κ1) is 15.2. The summed E-state index contributed by atoms with van der Waals surface area (Å²) in [6, 6.07) is 2.60. The molecule has 22 heavy (non-hydrogen) atoms. The van der Waals surface area contributed by atoms with Gasteiger partial charge in [-0.3, -0.25) is 0 Å². The molecule has 0 N–H and O–H groups in total. The van der Waals surface area contributed by atoms with Gasteiger partial charge < -0.3 is 14.4 Å². The number of rotatable bonds is 4. The summed E-state index contributed by atoms with van der Waals surface area (Å²) in [6.07, 6.45) is 0. The molecule has 0 bridgehead atoms. The minimum absolute atomic E-state index is 0.0821. The molecule has 3 rings (SSSR count). The first-order chi connectivity index (χ1) is 10.7. The van der Waals surface area contributed by atoms with Crippen LogP contribution >= 0.6 is 11.3 Å². The molecule has 118 valence electrons. The lowest BCUT2D eigenvalue weighted by Crippen LogP contribution is -2.36. The Morgan fingerprint density at radius 1 is 1.32 bits per heavy atom. The Hall–Kier alpha value is -1.73. The molecule has 0 amide bonds. The molecule has 0 aliphatic carbocycles. The second-order valence-electron chi connectivity index (χ2n) is 4.79. The highest BCUT2D eigenvalue weighted by Gasteiger charge is 2.20. The third-order valence-corrected chi connectivity index (χ3v) is 4.29. The summed E-state index contributed by atoms with van der Waals surface area (Å²) in [5.74, 6) is -1.97. The van der Waals surface area contributed by atoms with Gasteiger partial charge in [0.25, 0.3) is 0 Å². The number of halogens is 2. The predicted molar refractivity (Wildman–Crippen MR) is 81.7 cm³/mol. The Bertz CT molecular complexity index is 657. The first-order valence-electron chi connectivity index (χ1n) is 7.10. The summed E-state index contributed by atoms with van der Waals surface area (Å²) in [6.45, 7) is 4.89. The van der Waals surface area contributed by atoms with Crippen LogP contribution in [0.2, 0.25) is 0 Å². The molecule has 1 aromatic heterocycles. The molecular formula is C15H16F2N2O2S. The van der Waals surface area contributed by atoms with Crippen LogP contribution in [-0.4, -0.2) is 37.9 Å². The van der Waals surface area contributed by atoms with Crippen LogP contribution in [0.15, 0.2) is 17.5 Å². The molecule has 0 unspecified atom stereocenters. The van der Waals surface area contributed by atoms with E-state index in [9.17, 15) is 8.78 Å². The summed E-state index contributed by atoms with van der Waals surface area (Å²) in [5.41, 5.74) is 1.06. The molecule has 1 fully saturated rings. The second-order valence-corrected chi connectivity index (χ2v) is 5.62. The van der Waals surface area contributed by atoms with Gasteiger partial charge in [0.15, 0.2) is 16.7 Å². The summed E-state index contributed by atoms with van der Waals surface area (Å²) in [4.78, 5) is 6.66. The van der Waals surface area contributed by atoms with E-state index in [4.69, 9.17) is 9.47 Å². The Balaban J connectivity index is 1.94. The van der Waals surface area contributed by atoms with E-state index < -0.39 is 11.6 Å². The number of hydrogen-bond acceptors (Lipinski definition) is 5. The van der Waals surface area contributed by atoms with E-state index in [2.05, 4.69) is 9.88 Å². The average molecular weight is 326 g/mol. The number of ether oxygens (including phenoxy) is 2. The minimum Gasteiger partial charge on any atom is -0.490 e. The zero-order valence-corrected chi connectivity index (χ0v) is 13.0. The van der Waals surface area contributed by atoms with Crippen LogP contribution in [0.4, 0.5) is 13.9 Å². The molecule has 0 atom stereocenters. The van der Waals surface area contributed by atoms with Crippen molar-refractivity contribution in [2.24, 2.45) is 0 Å². The van der Waals surface area contributed by atoms with Gasteiger partial charge in [0.05, 0.1) is 25.5 Å². The van der Waals surface area contributed by atoms with Crippen molar-refractivity contribution in [3.05, 3.63) is 29.1 Å². The fraction of sp³-hybridized carbons (Fsp3) is 0.400. The molecule has 0 radical (unpaired) electrons. The lowest BCUT2D eigenvalue weighted by Gasteiger charge is -2.26. The summed E-state index contributed by atoms with van der Waals surface area (Å²) in [5, 5.41) is 2.69. The van der Waals surface area contributed by atoms with Gasteiger partial charge in [0.2, 0.25) is 5.82 Å². The van der Waals surface area contributed by atoms with Gasteiger partial charge in [0, 0.05) is 24.0 Å². The molecule has 2 aromatic rings. The highest BCUT2D eigenvalue weighted by atomic mass is 32.1. The number of morpholine rings is 1. The number of aromatic nitrogens is 1. The third-order valence-electron chi connectivity index (χ3n) is 3.39. The van der Waals surface area contributed by atoms with Gasteiger partial charge in [-0.05, 0) is 19.1 Å². The van der Waals surface area contributed by atoms with Crippen molar-refractivity contribution in [3.63, 3.8) is 0 Å². The van der Waals surface area contributed by atoms with E-state index in [1.807, 2.05) is 5.38 Å². The molecule has 2 heterocycles. The summed E-state index contributed by atoms with van der Waals surface area (Å²) in [7, 11) is 0. The SMILES string of the molecule is CCOc1c(-c2csc(N3CCOCC3)n2)ccc(F)c1F. The van der Waals surface area contributed by atoms with Crippen molar-refractivity contribution in [3.8, 4) is 17.0 Å². The third kappa shape index (κ3) is 2.91. The van der Waals surface area contributed by atoms with E-state index in [1.165, 1.54) is 17.4 Å². The van der Waals surface area contributed by atoms with Crippen LogP contribution < -0.4 is 9.64 Å². The maximum Gasteiger partial charge on any atom is 0.201 e. The molecule has 1 aromatic carbocycles. The lowest BCUT2D eigenvalue weighted by atomic mass is 10.1. The average Bonchev–Trinajstić information content (AvgIpc) is 3.03. The minimum atomic E-state index is -0.972. The lowest BCUT2D eigenvalue weighted by molar-refractivity contribution is 0.122. The van der Waals surface area contributed by atoms with E-state index in [-0.39, 0.29) is 12.4 Å². The number of anilines is 1. The monoisotopic (exact) mass is 326 g/mol. The van der Waals surface area contributed by atoms with Gasteiger partial charge >= 0.3 is 0 Å². The predicted octanol–water partition coefficient (Wildman–Crippen LogP) is 3.32. The molecular weight excluding hydrogens is 310 g/mol. The van der Waals surface area contributed by atoms with E-state index in [0.29, 0.717) is 24.5 Å². The standard InChI is InChI=1S/C15H16F2N2O2S/c1-2-21-14-10(3-4-11(16)13(14)17)12-9-22-15(18-12)19-5-7-20-8-6-19/h3-4,9H,2,5-8H2,1H3. The highest BCUT2D eigenvalue weighted by Crippen LogP contribution is 2.36. The van der Waals surface area contributed by atoms with Crippen molar-refractivity contribution < 1.29 is 18.3 Å². The maximum absolute atomic E-state index is 13.9. The Morgan fingerprint density at radius 3 is 2.82 bits per heavy atom. The first-order valence-corrected chi connectivity index (χ1v) is 7.98. The van der Waals surface area contributed by atoms with Gasteiger partial charge in [-0.1, -0.05) is 0 Å². The van der Waals surface area contributed by atoms with E-state index in [1.54, 1.807) is 6.92 Å². The summed E-state index contributed by atoms with van der Waals surface area (Å²) >= 11 is 1.48. The van der Waals surface area contributed by atoms with E-state index >= 15 is 0 Å². The molecule has 1 aliphatic heterocycles. The van der Waals surface area contributed by atoms with Crippen molar-refractivity contribution in [2.45, 2.75) is 6.92 Å². The highest BCUT2D eigenvalue weighted by molar-refractivity contribution is 7.14. The van der Waals surface area contributed by atoms with Gasteiger partial charge in [-0.2, -0.15) is 4.39 Å². The fourth-order valence-corrected chi connectivity index (χ4v) is 3.19. The molecule has 7 heteroatoms. The van der Waals surface area contributed by atoms with Crippen LogP contribution in [0, 0.1) is 11.6 Å². The number of thiazole rings is 1. The van der Waals surface area contributed by atoms with Crippen LogP contribution in [0.3, 0.4) is 0 Å². The quantitative estimate of drug-likeness (QED) is 0.863. The van der Waals surface area contributed by atoms with Crippen LogP contribution in [0.25, 0.3) is 11.3 Å². The molecule has 0 spiro atoms. The van der Waals surface area contributed by atoms with Crippen LogP contribution in [-0.2, 0) is 4.74 Å². The number of benzene rings is 1. The van der Waals surface area contributed by atoms with Crippen LogP contribution in [0.1, 0.15) is 6.92 Å². The number of hydrogen-bond donors (Lipinski definition) is 0. The van der Waals surface area contributed by atoms with Gasteiger partial charge in [0.1, 0.15) is 0 Å². The number of nitrogens with zero attached hydrogens (tertiary/aromatic N) is 2. The molecule has 4 nitrogen and oxygen atoms in total. The Kier molecular flexibility index (Phi) is 4.54. The molecule has 1 saturated heterocycles. The smallest absolute Gasteiger partial charge is 0.201 e. The second kappa shape index (κ2) is 6.58. The maximum atomic E-state index is 13.9. The topological polar surface area (TPSA) is 34.6 Å². The fourth-order valence-electron chi connectivity index (χ4n) is 2.31. The zero-order chi connectivity index (χ0) is 15.5. The normalized spacial score (nSPS) is 15.1. The molecule has 0 saturated carbocycles. The van der Waals surface area contributed by atoms with Gasteiger partial charge in [-0.15, -0.1) is 11.3 Å². The van der Waals surface area contributed by atoms with Crippen molar-refractivity contribution in [1.29, 1.82) is 0 Å². The van der Waals surface area contributed by atoms with Crippen molar-refractivity contribution >= 4 is 16.5 Å². The largest absolute Gasteiger partial charge is 0.490 e. The summed E-state index contributed by atoms with van der Waals surface area (Å²) < 4.78 is 37.9. The molecule has 1 aliphatic rings. The van der Waals surface area contributed by atoms with Crippen LogP contribution in [0.5, 0.6) is 5.75 Å². The Morgan fingerprint density at radius 2 is 2.09 bits per heavy atom.